The Balaban J connectivity index is 2.07. The number of fused-ring (bicyclic) bond motifs is 1. The smallest absolute Gasteiger partial charge is 0.258 e. The maximum Gasteiger partial charge on any atom is 0.258 e. The van der Waals surface area contributed by atoms with Crippen molar-refractivity contribution >= 4 is 23.2 Å². The summed E-state index contributed by atoms with van der Waals surface area (Å²) in [7, 11) is 0. The summed E-state index contributed by atoms with van der Waals surface area (Å²) in [6.45, 7) is 0. The molecule has 0 bridgehead atoms. The quantitative estimate of drug-likeness (QED) is 0.813. The van der Waals surface area contributed by atoms with Crippen LogP contribution in [0.1, 0.15) is 37.7 Å². The molecular weight excluding hydrogens is 266 g/mol. The third-order valence-electron chi connectivity index (χ3n) is 4.24. The first-order valence-corrected chi connectivity index (χ1v) is 7.44. The Hall–Kier alpha value is -2.17. The van der Waals surface area contributed by atoms with Gasteiger partial charge in [0.2, 0.25) is 6.04 Å². The van der Waals surface area contributed by atoms with Gasteiger partial charge in [-0.3, -0.25) is 14.6 Å². The second-order valence-corrected chi connectivity index (χ2v) is 5.69. The van der Waals surface area contributed by atoms with Crippen LogP contribution in [0.15, 0.2) is 29.3 Å². The molecule has 0 saturated heterocycles. The highest BCUT2D eigenvalue weighted by Crippen LogP contribution is 2.31. The highest BCUT2D eigenvalue weighted by Gasteiger charge is 2.32. The molecule has 21 heavy (non-hydrogen) atoms. The van der Waals surface area contributed by atoms with E-state index in [0.717, 1.165) is 42.6 Å². The summed E-state index contributed by atoms with van der Waals surface area (Å²) in [5.41, 5.74) is 7.84. The summed E-state index contributed by atoms with van der Waals surface area (Å²) in [6, 6.07) is 6.45. The lowest BCUT2D eigenvalue weighted by Crippen LogP contribution is -2.38. The van der Waals surface area contributed by atoms with E-state index < -0.39 is 17.9 Å². The van der Waals surface area contributed by atoms with Crippen LogP contribution in [-0.2, 0) is 9.59 Å². The van der Waals surface area contributed by atoms with Crippen LogP contribution in [0.5, 0.6) is 0 Å². The zero-order chi connectivity index (χ0) is 14.8. The van der Waals surface area contributed by atoms with Crippen molar-refractivity contribution in [1.29, 1.82) is 0 Å². The Labute approximate surface area is 123 Å². The molecule has 1 atom stereocenters. The average Bonchev–Trinajstić information content (AvgIpc) is 2.64. The van der Waals surface area contributed by atoms with Crippen LogP contribution in [0.4, 0.5) is 5.69 Å². The van der Waals surface area contributed by atoms with E-state index in [9.17, 15) is 9.59 Å². The van der Waals surface area contributed by atoms with Crippen LogP contribution in [-0.4, -0.2) is 23.6 Å². The van der Waals surface area contributed by atoms with E-state index in [2.05, 4.69) is 10.3 Å². The number of nitrogens with one attached hydrogen (secondary N) is 1. The van der Waals surface area contributed by atoms with E-state index in [1.54, 1.807) is 0 Å². The van der Waals surface area contributed by atoms with Crippen molar-refractivity contribution < 1.29 is 9.59 Å². The summed E-state index contributed by atoms with van der Waals surface area (Å²) >= 11 is 0. The number of aliphatic imine (C=N–C) groups is 1. The van der Waals surface area contributed by atoms with Gasteiger partial charge in [0.25, 0.3) is 11.8 Å². The summed E-state index contributed by atoms with van der Waals surface area (Å²) < 4.78 is 0. The molecule has 1 aliphatic heterocycles. The minimum absolute atomic E-state index is 0.300. The molecule has 1 unspecified atom stereocenters. The van der Waals surface area contributed by atoms with E-state index in [0.29, 0.717) is 5.92 Å². The molecule has 5 heteroatoms. The maximum atomic E-state index is 12.1. The number of hydrogen-bond acceptors (Lipinski definition) is 3. The highest BCUT2D eigenvalue weighted by molar-refractivity contribution is 6.18. The standard InChI is InChI=1S/C16H19N3O2/c17-15(20)14-16(21)18-12-9-5-4-8-11(12)13(19-14)10-6-2-1-3-7-10/h4-5,8-10,14H,1-3,6-7H2,(H2,17,20)(H,18,21). The number of carbonyl (C=O) groups excluding carboxylic acids is 2. The molecule has 1 saturated carbocycles. The number of amides is 2. The third kappa shape index (κ3) is 2.68. The molecule has 2 aliphatic rings. The lowest BCUT2D eigenvalue weighted by molar-refractivity contribution is -0.126. The summed E-state index contributed by atoms with van der Waals surface area (Å²) in [6.07, 6.45) is 5.66. The predicted molar refractivity (Wildman–Crippen MR) is 81.2 cm³/mol. The fraction of sp³-hybridized carbons (Fsp3) is 0.438. The Kier molecular flexibility index (Phi) is 3.73. The Morgan fingerprint density at radius 1 is 1.19 bits per heavy atom. The monoisotopic (exact) mass is 285 g/mol. The fourth-order valence-corrected chi connectivity index (χ4v) is 3.18. The van der Waals surface area contributed by atoms with Crippen LogP contribution in [0.25, 0.3) is 0 Å². The molecule has 2 amide bonds. The van der Waals surface area contributed by atoms with Gasteiger partial charge in [-0.1, -0.05) is 37.5 Å². The van der Waals surface area contributed by atoms with Gasteiger partial charge in [-0.25, -0.2) is 0 Å². The van der Waals surface area contributed by atoms with Gasteiger partial charge < -0.3 is 11.1 Å². The Bertz CT molecular complexity index is 603. The molecule has 3 N–H and O–H groups in total. The number of benzene rings is 1. The van der Waals surface area contributed by atoms with Gasteiger partial charge >= 0.3 is 0 Å². The minimum Gasteiger partial charge on any atom is -0.367 e. The van der Waals surface area contributed by atoms with E-state index >= 15 is 0 Å². The molecule has 5 nitrogen and oxygen atoms in total. The SMILES string of the molecule is NC(=O)C1N=C(C2CCCCC2)c2ccccc2NC1=O. The van der Waals surface area contributed by atoms with Gasteiger partial charge in [0, 0.05) is 22.9 Å². The van der Waals surface area contributed by atoms with Gasteiger partial charge in [0.05, 0.1) is 0 Å². The maximum absolute atomic E-state index is 12.1. The highest BCUT2D eigenvalue weighted by atomic mass is 16.2. The van der Waals surface area contributed by atoms with E-state index in [1.165, 1.54) is 6.42 Å². The van der Waals surface area contributed by atoms with Crippen LogP contribution in [0.2, 0.25) is 0 Å². The predicted octanol–water partition coefficient (Wildman–Crippen LogP) is 1.86. The number of rotatable bonds is 2. The van der Waals surface area contributed by atoms with Gasteiger partial charge in [-0.15, -0.1) is 0 Å². The number of primary amides is 1. The fourth-order valence-electron chi connectivity index (χ4n) is 3.18. The lowest BCUT2D eigenvalue weighted by Gasteiger charge is -2.24. The van der Waals surface area contributed by atoms with Gasteiger partial charge in [0.15, 0.2) is 0 Å². The first-order valence-electron chi connectivity index (χ1n) is 7.44. The average molecular weight is 285 g/mol. The number of benzodiazepines with no additional fused rings is 1. The van der Waals surface area contributed by atoms with Gasteiger partial charge in [-0.2, -0.15) is 0 Å². The van der Waals surface area contributed by atoms with Crippen molar-refractivity contribution in [2.75, 3.05) is 5.32 Å². The first-order chi connectivity index (χ1) is 10.2. The number of para-hydroxylation sites is 1. The molecule has 0 radical (unpaired) electrons. The molecule has 1 aliphatic carbocycles. The molecule has 1 aromatic rings. The number of nitrogens with two attached hydrogens (primary N) is 1. The largest absolute Gasteiger partial charge is 0.367 e. The van der Waals surface area contributed by atoms with Crippen LogP contribution < -0.4 is 11.1 Å². The number of anilines is 1. The van der Waals surface area contributed by atoms with Gasteiger partial charge in [-0.05, 0) is 18.9 Å². The first kappa shape index (κ1) is 13.8. The van der Waals surface area contributed by atoms with Gasteiger partial charge in [0.1, 0.15) is 0 Å². The molecule has 1 aromatic carbocycles. The van der Waals surface area contributed by atoms with Crippen LogP contribution in [0.3, 0.4) is 0 Å². The number of hydrogen-bond donors (Lipinski definition) is 2. The van der Waals surface area contributed by atoms with E-state index in [1.807, 2.05) is 24.3 Å². The number of carbonyl (C=O) groups is 2. The van der Waals surface area contributed by atoms with E-state index in [-0.39, 0.29) is 0 Å². The zero-order valence-corrected chi connectivity index (χ0v) is 11.8. The van der Waals surface area contributed by atoms with Crippen molar-refractivity contribution in [2.24, 2.45) is 16.6 Å². The summed E-state index contributed by atoms with van der Waals surface area (Å²) in [4.78, 5) is 28.1. The van der Waals surface area contributed by atoms with Crippen molar-refractivity contribution in [1.82, 2.24) is 0 Å². The van der Waals surface area contributed by atoms with Crippen molar-refractivity contribution in [3.05, 3.63) is 29.8 Å². The second kappa shape index (κ2) is 5.68. The summed E-state index contributed by atoms with van der Waals surface area (Å²) in [5.74, 6) is -0.844. The summed E-state index contributed by atoms with van der Waals surface area (Å²) in [5, 5.41) is 2.77. The third-order valence-corrected chi connectivity index (χ3v) is 4.24. The second-order valence-electron chi connectivity index (χ2n) is 5.69. The molecule has 0 spiro atoms. The van der Waals surface area contributed by atoms with Crippen LogP contribution in [0, 0.1) is 5.92 Å². The molecule has 3 rings (SSSR count). The topological polar surface area (TPSA) is 84.6 Å². The molecular formula is C16H19N3O2. The zero-order valence-electron chi connectivity index (χ0n) is 11.8. The van der Waals surface area contributed by atoms with Crippen molar-refractivity contribution in [2.45, 2.75) is 38.1 Å². The normalized spacial score (nSPS) is 22.8. The molecule has 1 heterocycles. The van der Waals surface area contributed by atoms with Crippen LogP contribution >= 0.6 is 0 Å². The number of nitrogens with zero attached hydrogens (tertiary/aromatic N) is 1. The van der Waals surface area contributed by atoms with E-state index in [4.69, 9.17) is 5.73 Å². The molecule has 110 valence electrons. The molecule has 0 aromatic heterocycles. The lowest BCUT2D eigenvalue weighted by atomic mass is 9.83. The van der Waals surface area contributed by atoms with Crippen molar-refractivity contribution in [3.8, 4) is 0 Å². The Morgan fingerprint density at radius 3 is 2.62 bits per heavy atom. The minimum atomic E-state index is -1.13. The molecule has 1 fully saturated rings. The van der Waals surface area contributed by atoms with Crippen molar-refractivity contribution in [3.63, 3.8) is 0 Å². The Morgan fingerprint density at radius 2 is 1.90 bits per heavy atom.